The summed E-state index contributed by atoms with van der Waals surface area (Å²) in [4.78, 5) is 0. The van der Waals surface area contributed by atoms with Crippen molar-refractivity contribution >= 4 is 0 Å². The number of alkyl halides is 3. The van der Waals surface area contributed by atoms with Crippen molar-refractivity contribution in [1.82, 2.24) is 15.1 Å². The molecule has 2 rings (SSSR count). The molecule has 0 saturated heterocycles. The second-order valence-electron chi connectivity index (χ2n) is 4.80. The largest absolute Gasteiger partial charge is 0.419 e. The van der Waals surface area contributed by atoms with E-state index in [0.29, 0.717) is 11.3 Å². The van der Waals surface area contributed by atoms with Gasteiger partial charge in [0.25, 0.3) is 0 Å². The number of aryl methyl sites for hydroxylation is 2. The zero-order valence-corrected chi connectivity index (χ0v) is 11.8. The van der Waals surface area contributed by atoms with Crippen molar-refractivity contribution in [2.24, 2.45) is 7.05 Å². The smallest absolute Gasteiger partial charge is 0.309 e. The first-order valence-electron chi connectivity index (χ1n) is 6.28. The maximum Gasteiger partial charge on any atom is 0.419 e. The molecule has 7 heteroatoms. The van der Waals surface area contributed by atoms with E-state index < -0.39 is 23.6 Å². The summed E-state index contributed by atoms with van der Waals surface area (Å²) in [5.41, 5.74) is 0.526. The van der Waals surface area contributed by atoms with Gasteiger partial charge in [0, 0.05) is 18.8 Å². The molecule has 3 nitrogen and oxygen atoms in total. The van der Waals surface area contributed by atoms with Crippen LogP contribution in [0.25, 0.3) is 0 Å². The Labute approximate surface area is 119 Å². The Kier molecular flexibility index (Phi) is 4.04. The van der Waals surface area contributed by atoms with Gasteiger partial charge < -0.3 is 5.32 Å². The Bertz CT molecular complexity index is 646. The van der Waals surface area contributed by atoms with Gasteiger partial charge in [-0.3, -0.25) is 4.68 Å². The van der Waals surface area contributed by atoms with Crippen molar-refractivity contribution in [3.8, 4) is 0 Å². The fourth-order valence-corrected chi connectivity index (χ4v) is 2.34. The second kappa shape index (κ2) is 5.48. The molecule has 1 aromatic carbocycles. The monoisotopic (exact) mass is 301 g/mol. The molecule has 1 heterocycles. The van der Waals surface area contributed by atoms with Crippen LogP contribution in [0.2, 0.25) is 0 Å². The molecule has 1 unspecified atom stereocenters. The SMILES string of the molecule is CNC(c1ccc(F)c(C(F)(F)F)c1)c1cn(C)nc1C. The first kappa shape index (κ1) is 15.5. The Hall–Kier alpha value is -1.89. The lowest BCUT2D eigenvalue weighted by molar-refractivity contribution is -0.140. The van der Waals surface area contributed by atoms with E-state index in [1.54, 1.807) is 31.9 Å². The number of nitrogens with zero attached hydrogens (tertiary/aromatic N) is 2. The number of halogens is 4. The lowest BCUT2D eigenvalue weighted by Gasteiger charge is -2.18. The Morgan fingerprint density at radius 2 is 1.95 bits per heavy atom. The van der Waals surface area contributed by atoms with Crippen LogP contribution in [0.1, 0.15) is 28.4 Å². The van der Waals surface area contributed by atoms with Crippen molar-refractivity contribution < 1.29 is 17.6 Å². The third-order valence-corrected chi connectivity index (χ3v) is 3.28. The van der Waals surface area contributed by atoms with Crippen LogP contribution >= 0.6 is 0 Å². The van der Waals surface area contributed by atoms with Gasteiger partial charge in [-0.1, -0.05) is 6.07 Å². The van der Waals surface area contributed by atoms with Crippen LogP contribution in [0, 0.1) is 12.7 Å². The average molecular weight is 301 g/mol. The van der Waals surface area contributed by atoms with Crippen molar-refractivity contribution in [3.05, 3.63) is 52.6 Å². The number of nitrogens with one attached hydrogen (secondary N) is 1. The van der Waals surface area contributed by atoms with Gasteiger partial charge in [0.05, 0.1) is 17.3 Å². The Balaban J connectivity index is 2.51. The molecule has 2 aromatic rings. The molecule has 0 amide bonds. The molecular formula is C14H15F4N3. The highest BCUT2D eigenvalue weighted by Gasteiger charge is 2.35. The van der Waals surface area contributed by atoms with Crippen LogP contribution in [0.5, 0.6) is 0 Å². The summed E-state index contributed by atoms with van der Waals surface area (Å²) in [6, 6.07) is 2.54. The molecule has 114 valence electrons. The summed E-state index contributed by atoms with van der Waals surface area (Å²) >= 11 is 0. The number of hydrogen-bond donors (Lipinski definition) is 1. The van der Waals surface area contributed by atoms with Crippen LogP contribution in [0.3, 0.4) is 0 Å². The molecule has 0 aliphatic heterocycles. The van der Waals surface area contributed by atoms with E-state index in [2.05, 4.69) is 10.4 Å². The second-order valence-corrected chi connectivity index (χ2v) is 4.80. The molecular weight excluding hydrogens is 286 g/mol. The average Bonchev–Trinajstić information content (AvgIpc) is 2.70. The Morgan fingerprint density at radius 3 is 2.43 bits per heavy atom. The first-order chi connectivity index (χ1) is 9.74. The summed E-state index contributed by atoms with van der Waals surface area (Å²) in [6.07, 6.45) is -2.99. The number of aromatic nitrogens is 2. The molecule has 1 atom stereocenters. The van der Waals surface area contributed by atoms with E-state index >= 15 is 0 Å². The van der Waals surface area contributed by atoms with Crippen molar-refractivity contribution in [1.29, 1.82) is 0 Å². The van der Waals surface area contributed by atoms with E-state index in [4.69, 9.17) is 0 Å². The summed E-state index contributed by atoms with van der Waals surface area (Å²) < 4.78 is 53.4. The fourth-order valence-electron chi connectivity index (χ4n) is 2.34. The first-order valence-corrected chi connectivity index (χ1v) is 6.28. The summed E-state index contributed by atoms with van der Waals surface area (Å²) in [5, 5.41) is 7.12. The van der Waals surface area contributed by atoms with Crippen molar-refractivity contribution in [3.63, 3.8) is 0 Å². The predicted molar refractivity (Wildman–Crippen MR) is 70.2 cm³/mol. The third kappa shape index (κ3) is 3.07. The van der Waals surface area contributed by atoms with Gasteiger partial charge in [-0.25, -0.2) is 4.39 Å². The highest BCUT2D eigenvalue weighted by Crippen LogP contribution is 2.34. The van der Waals surface area contributed by atoms with Gasteiger partial charge >= 0.3 is 6.18 Å². The van der Waals surface area contributed by atoms with Crippen molar-refractivity contribution in [2.45, 2.75) is 19.1 Å². The zero-order chi connectivity index (χ0) is 15.8. The normalized spacial score (nSPS) is 13.5. The molecule has 1 N–H and O–H groups in total. The van der Waals surface area contributed by atoms with Gasteiger partial charge in [0.1, 0.15) is 5.82 Å². The minimum atomic E-state index is -4.72. The summed E-state index contributed by atoms with van der Waals surface area (Å²) in [5.74, 6) is -1.27. The molecule has 21 heavy (non-hydrogen) atoms. The van der Waals surface area contributed by atoms with Crippen LogP contribution in [0.4, 0.5) is 17.6 Å². The van der Waals surface area contributed by atoms with Gasteiger partial charge in [0.2, 0.25) is 0 Å². The molecule has 0 fully saturated rings. The minimum Gasteiger partial charge on any atom is -0.309 e. The van der Waals surface area contributed by atoms with Gasteiger partial charge in [-0.05, 0) is 31.7 Å². The molecule has 0 bridgehead atoms. The summed E-state index contributed by atoms with van der Waals surface area (Å²) in [7, 11) is 3.36. The van der Waals surface area contributed by atoms with Crippen LogP contribution < -0.4 is 5.32 Å². The number of hydrogen-bond acceptors (Lipinski definition) is 2. The quantitative estimate of drug-likeness (QED) is 0.882. The van der Waals surface area contributed by atoms with Crippen LogP contribution in [-0.4, -0.2) is 16.8 Å². The van der Waals surface area contributed by atoms with Crippen LogP contribution in [-0.2, 0) is 13.2 Å². The highest BCUT2D eigenvalue weighted by molar-refractivity contribution is 5.36. The maximum absolute atomic E-state index is 13.4. The van der Waals surface area contributed by atoms with E-state index in [1.165, 1.54) is 6.07 Å². The minimum absolute atomic E-state index is 0.335. The fraction of sp³-hybridized carbons (Fsp3) is 0.357. The molecule has 0 aliphatic rings. The number of rotatable bonds is 3. The molecule has 0 aliphatic carbocycles. The number of benzene rings is 1. The highest BCUT2D eigenvalue weighted by atomic mass is 19.4. The Morgan fingerprint density at radius 1 is 1.29 bits per heavy atom. The van der Waals surface area contributed by atoms with E-state index in [-0.39, 0.29) is 0 Å². The van der Waals surface area contributed by atoms with Crippen LogP contribution in [0.15, 0.2) is 24.4 Å². The maximum atomic E-state index is 13.4. The van der Waals surface area contributed by atoms with Gasteiger partial charge in [-0.15, -0.1) is 0 Å². The molecule has 0 radical (unpaired) electrons. The lowest BCUT2D eigenvalue weighted by Crippen LogP contribution is -2.19. The molecule has 0 saturated carbocycles. The van der Waals surface area contributed by atoms with E-state index in [0.717, 1.165) is 17.7 Å². The van der Waals surface area contributed by atoms with E-state index in [9.17, 15) is 17.6 Å². The third-order valence-electron chi connectivity index (χ3n) is 3.28. The molecule has 0 spiro atoms. The lowest BCUT2D eigenvalue weighted by atomic mass is 9.97. The summed E-state index contributed by atoms with van der Waals surface area (Å²) in [6.45, 7) is 1.77. The molecule has 1 aromatic heterocycles. The van der Waals surface area contributed by atoms with Gasteiger partial charge in [-0.2, -0.15) is 18.3 Å². The predicted octanol–water partition coefficient (Wildman–Crippen LogP) is 3.20. The standard InChI is InChI=1S/C14H15F4N3/c1-8-10(7-21(3)20-8)13(19-2)9-4-5-12(15)11(6-9)14(16,17)18/h4-7,13,19H,1-3H3. The van der Waals surface area contributed by atoms with Gasteiger partial charge in [0.15, 0.2) is 0 Å². The van der Waals surface area contributed by atoms with Crippen molar-refractivity contribution in [2.75, 3.05) is 7.05 Å². The van der Waals surface area contributed by atoms with E-state index in [1.807, 2.05) is 0 Å². The zero-order valence-electron chi connectivity index (χ0n) is 11.8. The topological polar surface area (TPSA) is 29.9 Å².